The van der Waals surface area contributed by atoms with Crippen molar-refractivity contribution in [3.05, 3.63) is 86.0 Å². The van der Waals surface area contributed by atoms with Gasteiger partial charge in [0.2, 0.25) is 5.91 Å². The third kappa shape index (κ3) is 6.80. The van der Waals surface area contributed by atoms with E-state index in [-0.39, 0.29) is 36.0 Å². The molecule has 2 N–H and O–H groups in total. The highest BCUT2D eigenvalue weighted by atomic mass is 35.5. The van der Waals surface area contributed by atoms with E-state index >= 15 is 0 Å². The summed E-state index contributed by atoms with van der Waals surface area (Å²) in [7, 11) is 1.51. The van der Waals surface area contributed by atoms with Gasteiger partial charge in [0.15, 0.2) is 0 Å². The van der Waals surface area contributed by atoms with E-state index in [9.17, 15) is 14.9 Å². The molecule has 1 aliphatic rings. The number of thioether (sulfide) groups is 1. The molecule has 1 aliphatic heterocycles. The van der Waals surface area contributed by atoms with Gasteiger partial charge in [0.25, 0.3) is 0 Å². The smallest absolute Gasteiger partial charge is 0.336 e. The minimum absolute atomic E-state index is 0.0240. The van der Waals surface area contributed by atoms with Crippen LogP contribution in [0, 0.1) is 11.3 Å². The summed E-state index contributed by atoms with van der Waals surface area (Å²) in [5.74, 6) is -1.59. The lowest BCUT2D eigenvalue weighted by Crippen LogP contribution is -2.30. The average molecular weight is 532 g/mol. The Kier molecular flexibility index (Phi) is 9.64. The van der Waals surface area contributed by atoms with E-state index in [1.807, 2.05) is 0 Å². The molecule has 10 heteroatoms. The summed E-state index contributed by atoms with van der Waals surface area (Å²) in [6.45, 7) is 2.03. The van der Waals surface area contributed by atoms with Crippen LogP contribution in [0.3, 0.4) is 0 Å². The molecule has 2 aromatic rings. The van der Waals surface area contributed by atoms with Crippen molar-refractivity contribution in [1.82, 2.24) is 5.32 Å². The summed E-state index contributed by atoms with van der Waals surface area (Å²) in [6, 6.07) is 16.0. The standard InChI is InChI=1S/C25H23Cl2N3O4S/c1-15-22(25(32)34-11-10-33-2)23(18-8-3-4-9-20(18)27)19(13-28)24(29-15)35-14-21(31)30-17-7-5-6-16(26)12-17/h3-9,12,23,29H,10-11,14H2,1-2H3,(H,30,31)/t23-/m1/s1. The van der Waals surface area contributed by atoms with Gasteiger partial charge in [-0.05, 0) is 36.8 Å². The first-order chi connectivity index (χ1) is 16.8. The number of amides is 1. The number of carbonyl (C=O) groups excluding carboxylic acids is 2. The topological polar surface area (TPSA) is 100 Å². The maximum absolute atomic E-state index is 13.0. The number of benzene rings is 2. The number of carbonyl (C=O) groups is 2. The number of ether oxygens (including phenoxy) is 2. The van der Waals surface area contributed by atoms with Crippen LogP contribution in [0.5, 0.6) is 0 Å². The van der Waals surface area contributed by atoms with E-state index in [1.165, 1.54) is 7.11 Å². The number of esters is 1. The molecule has 1 heterocycles. The second-order valence-electron chi connectivity index (χ2n) is 7.45. The van der Waals surface area contributed by atoms with Crippen LogP contribution in [0.4, 0.5) is 5.69 Å². The molecule has 0 fully saturated rings. The molecular weight excluding hydrogens is 509 g/mol. The van der Waals surface area contributed by atoms with Crippen molar-refractivity contribution in [1.29, 1.82) is 5.26 Å². The summed E-state index contributed by atoms with van der Waals surface area (Å²) >= 11 is 13.6. The van der Waals surface area contributed by atoms with Crippen molar-refractivity contribution >= 4 is 52.5 Å². The van der Waals surface area contributed by atoms with Crippen LogP contribution in [0.25, 0.3) is 0 Å². The third-order valence-corrected chi connectivity index (χ3v) is 6.66. The molecule has 0 radical (unpaired) electrons. The van der Waals surface area contributed by atoms with Gasteiger partial charge in [-0.3, -0.25) is 4.79 Å². The molecule has 1 amide bonds. The third-order valence-electron chi connectivity index (χ3n) is 5.06. The Bertz CT molecular complexity index is 1220. The zero-order valence-electron chi connectivity index (χ0n) is 19.1. The van der Waals surface area contributed by atoms with Gasteiger partial charge in [0.05, 0.1) is 40.5 Å². The molecule has 0 bridgehead atoms. The van der Waals surface area contributed by atoms with Crippen molar-refractivity contribution in [2.24, 2.45) is 0 Å². The maximum Gasteiger partial charge on any atom is 0.336 e. The number of hydrogen-bond donors (Lipinski definition) is 2. The van der Waals surface area contributed by atoms with Gasteiger partial charge in [0, 0.05) is 28.5 Å². The van der Waals surface area contributed by atoms with Gasteiger partial charge in [-0.1, -0.05) is 59.2 Å². The van der Waals surface area contributed by atoms with Crippen LogP contribution in [0.2, 0.25) is 10.0 Å². The van der Waals surface area contributed by atoms with Crippen molar-refractivity contribution in [3.8, 4) is 6.07 Å². The van der Waals surface area contributed by atoms with E-state index in [4.69, 9.17) is 32.7 Å². The zero-order chi connectivity index (χ0) is 25.4. The van der Waals surface area contributed by atoms with E-state index < -0.39 is 11.9 Å². The van der Waals surface area contributed by atoms with Crippen molar-refractivity contribution in [2.45, 2.75) is 12.8 Å². The van der Waals surface area contributed by atoms with E-state index in [0.29, 0.717) is 32.0 Å². The number of rotatable bonds is 9. The number of dihydropyridines is 1. The van der Waals surface area contributed by atoms with E-state index in [2.05, 4.69) is 16.7 Å². The second-order valence-corrected chi connectivity index (χ2v) is 9.28. The first kappa shape index (κ1) is 26.6. The summed E-state index contributed by atoms with van der Waals surface area (Å²) < 4.78 is 10.3. The molecule has 0 unspecified atom stereocenters. The quantitative estimate of drug-likeness (QED) is 0.336. The van der Waals surface area contributed by atoms with E-state index in [0.717, 1.165) is 11.8 Å². The predicted octanol–water partition coefficient (Wildman–Crippen LogP) is 5.25. The normalized spacial score (nSPS) is 15.3. The first-order valence-electron chi connectivity index (χ1n) is 10.6. The van der Waals surface area contributed by atoms with Gasteiger partial charge in [-0.2, -0.15) is 5.26 Å². The number of anilines is 1. The molecule has 0 aliphatic carbocycles. The molecule has 7 nitrogen and oxygen atoms in total. The highest BCUT2D eigenvalue weighted by Gasteiger charge is 2.36. The molecule has 0 aromatic heterocycles. The highest BCUT2D eigenvalue weighted by molar-refractivity contribution is 8.03. The number of nitrogens with zero attached hydrogens (tertiary/aromatic N) is 1. The lowest BCUT2D eigenvalue weighted by molar-refractivity contribution is -0.140. The van der Waals surface area contributed by atoms with Crippen LogP contribution in [-0.2, 0) is 19.1 Å². The second kappa shape index (κ2) is 12.7. The fraction of sp³-hybridized carbons (Fsp3) is 0.240. The summed E-state index contributed by atoms with van der Waals surface area (Å²) in [5, 5.41) is 17.4. The van der Waals surface area contributed by atoms with Gasteiger partial charge in [0.1, 0.15) is 6.61 Å². The summed E-state index contributed by atoms with van der Waals surface area (Å²) in [5.41, 5.74) is 2.21. The van der Waals surface area contributed by atoms with Gasteiger partial charge in [-0.25, -0.2) is 4.79 Å². The zero-order valence-corrected chi connectivity index (χ0v) is 21.4. The van der Waals surface area contributed by atoms with Crippen molar-refractivity contribution in [3.63, 3.8) is 0 Å². The number of nitriles is 1. The number of allylic oxidation sites excluding steroid dienone is 2. The number of hydrogen-bond acceptors (Lipinski definition) is 7. The van der Waals surface area contributed by atoms with Gasteiger partial charge < -0.3 is 20.1 Å². The van der Waals surface area contributed by atoms with Gasteiger partial charge >= 0.3 is 5.97 Å². The first-order valence-corrected chi connectivity index (χ1v) is 12.3. The predicted molar refractivity (Wildman–Crippen MR) is 138 cm³/mol. The Morgan fingerprint density at radius 3 is 2.63 bits per heavy atom. The average Bonchev–Trinajstić information content (AvgIpc) is 2.82. The molecule has 0 spiro atoms. The highest BCUT2D eigenvalue weighted by Crippen LogP contribution is 2.43. The molecule has 182 valence electrons. The Hall–Kier alpha value is -2.96. The molecule has 1 atom stereocenters. The number of halogens is 2. The Morgan fingerprint density at radius 2 is 1.94 bits per heavy atom. The fourth-order valence-corrected chi connectivity index (χ4v) is 4.84. The van der Waals surface area contributed by atoms with Crippen LogP contribution in [-0.4, -0.2) is 38.0 Å². The monoisotopic (exact) mass is 531 g/mol. The lowest BCUT2D eigenvalue weighted by Gasteiger charge is -2.29. The molecule has 0 saturated carbocycles. The van der Waals surface area contributed by atoms with Crippen LogP contribution in [0.1, 0.15) is 18.4 Å². The van der Waals surface area contributed by atoms with Crippen LogP contribution < -0.4 is 10.6 Å². The SMILES string of the molecule is COCCOC(=O)C1=C(C)NC(SCC(=O)Nc2cccc(Cl)c2)=C(C#N)[C@H]1c1ccccc1Cl. The molecule has 2 aromatic carbocycles. The largest absolute Gasteiger partial charge is 0.460 e. The minimum atomic E-state index is -0.761. The lowest BCUT2D eigenvalue weighted by atomic mass is 9.82. The van der Waals surface area contributed by atoms with Crippen LogP contribution in [0.15, 0.2) is 70.4 Å². The number of nitrogens with one attached hydrogen (secondary N) is 2. The molecule has 0 saturated heterocycles. The Morgan fingerprint density at radius 1 is 1.17 bits per heavy atom. The molecule has 3 rings (SSSR count). The summed E-state index contributed by atoms with van der Waals surface area (Å²) in [4.78, 5) is 25.6. The van der Waals surface area contributed by atoms with E-state index in [1.54, 1.807) is 55.5 Å². The minimum Gasteiger partial charge on any atom is -0.460 e. The number of methoxy groups -OCH3 is 1. The van der Waals surface area contributed by atoms with Gasteiger partial charge in [-0.15, -0.1) is 0 Å². The maximum atomic E-state index is 13.0. The fourth-order valence-electron chi connectivity index (χ4n) is 3.51. The van der Waals surface area contributed by atoms with Crippen molar-refractivity contribution < 1.29 is 19.1 Å². The van der Waals surface area contributed by atoms with Crippen LogP contribution >= 0.6 is 35.0 Å². The molecular formula is C25H23Cl2N3O4S. The van der Waals surface area contributed by atoms with Crippen molar-refractivity contribution in [2.75, 3.05) is 31.4 Å². The Balaban J connectivity index is 1.89. The Labute approximate surface area is 218 Å². The summed E-state index contributed by atoms with van der Waals surface area (Å²) in [6.07, 6.45) is 0. The molecule has 35 heavy (non-hydrogen) atoms.